The summed E-state index contributed by atoms with van der Waals surface area (Å²) < 4.78 is 21.9. The van der Waals surface area contributed by atoms with Crippen molar-refractivity contribution in [1.82, 2.24) is 9.80 Å². The highest BCUT2D eigenvalue weighted by Crippen LogP contribution is 1.96. The normalized spacial score (nSPS) is 11.3. The molecule has 18 heavy (non-hydrogen) atoms. The van der Waals surface area contributed by atoms with Gasteiger partial charge in [-0.15, -0.1) is 0 Å². The van der Waals surface area contributed by atoms with E-state index in [4.69, 9.17) is 5.26 Å². The van der Waals surface area contributed by atoms with Crippen LogP contribution in [-0.4, -0.2) is 69.9 Å². The summed E-state index contributed by atoms with van der Waals surface area (Å²) >= 11 is 0. The third-order valence-electron chi connectivity index (χ3n) is 2.54. The van der Waals surface area contributed by atoms with E-state index in [-0.39, 0.29) is 11.7 Å². The maximum atomic E-state index is 11.6. The topological polar surface area (TPSA) is 81.5 Å². The second-order valence-electron chi connectivity index (χ2n) is 4.41. The highest BCUT2D eigenvalue weighted by molar-refractivity contribution is 7.90. The maximum absolute atomic E-state index is 11.6. The van der Waals surface area contributed by atoms with E-state index < -0.39 is 9.84 Å². The average Bonchev–Trinajstić information content (AvgIpc) is 2.29. The van der Waals surface area contributed by atoms with Crippen LogP contribution >= 0.6 is 0 Å². The van der Waals surface area contributed by atoms with Gasteiger partial charge in [-0.2, -0.15) is 5.26 Å². The maximum Gasteiger partial charge on any atom is 0.223 e. The lowest BCUT2D eigenvalue weighted by atomic mass is 10.3. The molecule has 0 aromatic rings. The zero-order valence-corrected chi connectivity index (χ0v) is 12.0. The lowest BCUT2D eigenvalue weighted by molar-refractivity contribution is -0.130. The summed E-state index contributed by atoms with van der Waals surface area (Å²) in [6.07, 6.45) is 1.86. The number of amides is 1. The Kier molecular flexibility index (Phi) is 7.55. The average molecular weight is 275 g/mol. The van der Waals surface area contributed by atoms with Crippen LogP contribution in [0.25, 0.3) is 0 Å². The predicted molar refractivity (Wildman–Crippen MR) is 69.7 cm³/mol. The van der Waals surface area contributed by atoms with Crippen LogP contribution in [0.15, 0.2) is 0 Å². The molecule has 0 radical (unpaired) electrons. The van der Waals surface area contributed by atoms with Crippen LogP contribution in [0.3, 0.4) is 0 Å². The van der Waals surface area contributed by atoms with Gasteiger partial charge >= 0.3 is 0 Å². The molecule has 0 heterocycles. The summed E-state index contributed by atoms with van der Waals surface area (Å²) in [4.78, 5) is 15.0. The molecule has 0 aromatic carbocycles. The van der Waals surface area contributed by atoms with Gasteiger partial charge in [0.25, 0.3) is 0 Å². The van der Waals surface area contributed by atoms with Gasteiger partial charge < -0.3 is 9.80 Å². The highest BCUT2D eigenvalue weighted by atomic mass is 32.2. The molecule has 0 aliphatic heterocycles. The Bertz CT molecular complexity index is 400. The number of nitriles is 1. The first kappa shape index (κ1) is 16.9. The fourth-order valence-corrected chi connectivity index (χ4v) is 1.90. The molecule has 0 spiro atoms. The van der Waals surface area contributed by atoms with Crippen molar-refractivity contribution in [3.63, 3.8) is 0 Å². The Morgan fingerprint density at radius 3 is 2.33 bits per heavy atom. The van der Waals surface area contributed by atoms with E-state index in [1.807, 2.05) is 11.0 Å². The molecule has 0 aliphatic carbocycles. The minimum atomic E-state index is -2.96. The molecular weight excluding hydrogens is 254 g/mol. The van der Waals surface area contributed by atoms with Crippen molar-refractivity contribution in [2.24, 2.45) is 0 Å². The van der Waals surface area contributed by atoms with Crippen LogP contribution in [0.5, 0.6) is 0 Å². The van der Waals surface area contributed by atoms with Crippen LogP contribution < -0.4 is 0 Å². The van der Waals surface area contributed by atoms with Crippen molar-refractivity contribution >= 4 is 15.7 Å². The van der Waals surface area contributed by atoms with E-state index in [0.717, 1.165) is 0 Å². The van der Waals surface area contributed by atoms with E-state index in [1.54, 1.807) is 14.1 Å². The Morgan fingerprint density at radius 1 is 1.22 bits per heavy atom. The molecule has 0 unspecified atom stereocenters. The van der Waals surface area contributed by atoms with Gasteiger partial charge in [-0.05, 0) is 7.05 Å². The molecule has 0 saturated heterocycles. The SMILES string of the molecule is CN(CCC(=O)N(C)CCC#N)CCS(C)(=O)=O. The minimum Gasteiger partial charge on any atom is -0.345 e. The molecule has 7 heteroatoms. The lowest BCUT2D eigenvalue weighted by Crippen LogP contribution is -2.32. The largest absolute Gasteiger partial charge is 0.345 e. The Morgan fingerprint density at radius 2 is 1.83 bits per heavy atom. The fourth-order valence-electron chi connectivity index (χ4n) is 1.25. The van der Waals surface area contributed by atoms with Gasteiger partial charge in [0.2, 0.25) is 5.91 Å². The second kappa shape index (κ2) is 8.06. The molecule has 0 atom stereocenters. The zero-order chi connectivity index (χ0) is 14.2. The molecule has 1 amide bonds. The van der Waals surface area contributed by atoms with Crippen LogP contribution in [0, 0.1) is 11.3 Å². The van der Waals surface area contributed by atoms with Crippen molar-refractivity contribution < 1.29 is 13.2 Å². The molecule has 0 N–H and O–H groups in total. The summed E-state index contributed by atoms with van der Waals surface area (Å²) in [5, 5.41) is 8.41. The summed E-state index contributed by atoms with van der Waals surface area (Å²) in [7, 11) is 0.489. The number of sulfone groups is 1. The van der Waals surface area contributed by atoms with Crippen molar-refractivity contribution in [2.45, 2.75) is 12.8 Å². The van der Waals surface area contributed by atoms with E-state index in [0.29, 0.717) is 32.5 Å². The first-order valence-corrected chi connectivity index (χ1v) is 7.79. The van der Waals surface area contributed by atoms with Crippen molar-refractivity contribution in [3.05, 3.63) is 0 Å². The zero-order valence-electron chi connectivity index (χ0n) is 11.2. The number of carbonyl (C=O) groups is 1. The van der Waals surface area contributed by atoms with Crippen molar-refractivity contribution in [2.75, 3.05) is 45.7 Å². The Labute approximate surface area is 109 Å². The molecule has 0 bridgehead atoms. The van der Waals surface area contributed by atoms with Gasteiger partial charge in [-0.3, -0.25) is 4.79 Å². The van der Waals surface area contributed by atoms with E-state index in [2.05, 4.69) is 0 Å². The molecule has 6 nitrogen and oxygen atoms in total. The summed E-state index contributed by atoms with van der Waals surface area (Å²) in [5.41, 5.74) is 0. The Balaban J connectivity index is 3.88. The lowest BCUT2D eigenvalue weighted by Gasteiger charge is -2.19. The third-order valence-corrected chi connectivity index (χ3v) is 3.46. The third kappa shape index (κ3) is 8.96. The molecule has 0 saturated carbocycles. The van der Waals surface area contributed by atoms with Gasteiger partial charge in [0.05, 0.1) is 18.2 Å². The molecular formula is C11H21N3O3S. The number of rotatable bonds is 8. The van der Waals surface area contributed by atoms with Gasteiger partial charge in [-0.1, -0.05) is 0 Å². The van der Waals surface area contributed by atoms with E-state index in [9.17, 15) is 13.2 Å². The highest BCUT2D eigenvalue weighted by Gasteiger charge is 2.10. The number of hydrogen-bond acceptors (Lipinski definition) is 5. The molecule has 0 fully saturated rings. The van der Waals surface area contributed by atoms with Crippen LogP contribution in [0.4, 0.5) is 0 Å². The first-order valence-electron chi connectivity index (χ1n) is 5.73. The molecule has 0 aromatic heterocycles. The summed E-state index contributed by atoms with van der Waals surface area (Å²) in [6, 6.07) is 1.98. The smallest absolute Gasteiger partial charge is 0.223 e. The van der Waals surface area contributed by atoms with Crippen LogP contribution in [0.2, 0.25) is 0 Å². The van der Waals surface area contributed by atoms with E-state index >= 15 is 0 Å². The van der Waals surface area contributed by atoms with Gasteiger partial charge in [-0.25, -0.2) is 8.42 Å². The van der Waals surface area contributed by atoms with Crippen molar-refractivity contribution in [1.29, 1.82) is 5.26 Å². The Hall–Kier alpha value is -1.13. The molecule has 0 aliphatic rings. The minimum absolute atomic E-state index is 0.0311. The predicted octanol–water partition coefficient (Wildman–Crippen LogP) is -0.275. The van der Waals surface area contributed by atoms with Crippen LogP contribution in [0.1, 0.15) is 12.8 Å². The van der Waals surface area contributed by atoms with Crippen molar-refractivity contribution in [3.8, 4) is 6.07 Å². The fraction of sp³-hybridized carbons (Fsp3) is 0.818. The standard InChI is InChI=1S/C11H21N3O3S/c1-13(9-10-18(3,16)17)8-5-11(15)14(2)7-4-6-12/h4-5,7-10H2,1-3H3. The monoisotopic (exact) mass is 275 g/mol. The van der Waals surface area contributed by atoms with Crippen LogP contribution in [-0.2, 0) is 14.6 Å². The quantitative estimate of drug-likeness (QED) is 0.609. The van der Waals surface area contributed by atoms with Gasteiger partial charge in [0.1, 0.15) is 9.84 Å². The first-order chi connectivity index (χ1) is 8.26. The summed E-state index contributed by atoms with van der Waals surface area (Å²) in [6.45, 7) is 1.38. The molecule has 104 valence electrons. The number of hydrogen-bond donors (Lipinski definition) is 0. The second-order valence-corrected chi connectivity index (χ2v) is 6.67. The summed E-state index contributed by atoms with van der Waals surface area (Å²) in [5.74, 6) is 0.0681. The number of nitrogens with zero attached hydrogens (tertiary/aromatic N) is 3. The van der Waals surface area contributed by atoms with Gasteiger partial charge in [0, 0.05) is 39.4 Å². The van der Waals surface area contributed by atoms with E-state index in [1.165, 1.54) is 11.2 Å². The molecule has 0 rings (SSSR count). The van der Waals surface area contributed by atoms with Gasteiger partial charge in [0.15, 0.2) is 0 Å². The number of carbonyl (C=O) groups excluding carboxylic acids is 1.